The van der Waals surface area contributed by atoms with Gasteiger partial charge in [0, 0.05) is 26.7 Å². The van der Waals surface area contributed by atoms with E-state index in [9.17, 15) is 0 Å². The summed E-state index contributed by atoms with van der Waals surface area (Å²) in [4.78, 5) is 0. The third-order valence-electron chi connectivity index (χ3n) is 2.72. The zero-order valence-corrected chi connectivity index (χ0v) is 15.7. The van der Waals surface area contributed by atoms with Crippen molar-refractivity contribution in [2.24, 2.45) is 0 Å². The van der Waals surface area contributed by atoms with Crippen molar-refractivity contribution >= 4 is 53.5 Å². The lowest BCUT2D eigenvalue weighted by Crippen LogP contribution is -2.04. The first-order valence-electron chi connectivity index (χ1n) is 6.21. The summed E-state index contributed by atoms with van der Waals surface area (Å²) in [5, 5.41) is 3.41. The van der Waals surface area contributed by atoms with Crippen molar-refractivity contribution in [2.45, 2.75) is 13.5 Å². The Morgan fingerprint density at radius 3 is 2.50 bits per heavy atom. The van der Waals surface area contributed by atoms with Crippen LogP contribution < -0.4 is 10.1 Å². The van der Waals surface area contributed by atoms with E-state index in [2.05, 4.69) is 59.2 Å². The summed E-state index contributed by atoms with van der Waals surface area (Å²) in [7, 11) is 0. The van der Waals surface area contributed by atoms with Gasteiger partial charge in [0.05, 0.1) is 11.1 Å². The van der Waals surface area contributed by atoms with Gasteiger partial charge in [-0.3, -0.25) is 0 Å². The number of nitrogens with one attached hydrogen (secondary N) is 1. The smallest absolute Gasteiger partial charge is 0.138 e. The number of anilines is 1. The van der Waals surface area contributed by atoms with E-state index in [0.29, 0.717) is 13.2 Å². The van der Waals surface area contributed by atoms with E-state index in [1.54, 1.807) is 0 Å². The quantitative estimate of drug-likeness (QED) is 0.588. The fourth-order valence-electron chi connectivity index (χ4n) is 1.85. The van der Waals surface area contributed by atoms with Crippen LogP contribution >= 0.6 is 47.8 Å². The molecule has 0 aromatic heterocycles. The number of rotatable bonds is 5. The van der Waals surface area contributed by atoms with Gasteiger partial charge in [0.2, 0.25) is 0 Å². The highest BCUT2D eigenvalue weighted by Gasteiger charge is 2.10. The van der Waals surface area contributed by atoms with Gasteiger partial charge in [0.1, 0.15) is 5.75 Å². The van der Waals surface area contributed by atoms with Gasteiger partial charge in [0.15, 0.2) is 0 Å². The summed E-state index contributed by atoms with van der Waals surface area (Å²) >= 11 is 10.6. The van der Waals surface area contributed by atoms with Crippen molar-refractivity contribution in [3.05, 3.63) is 55.4 Å². The van der Waals surface area contributed by atoms with Crippen molar-refractivity contribution in [1.29, 1.82) is 0 Å². The Kier molecular flexibility index (Phi) is 5.93. The van der Waals surface area contributed by atoms with Crippen molar-refractivity contribution in [3.63, 3.8) is 0 Å². The largest absolute Gasteiger partial charge is 0.492 e. The first-order chi connectivity index (χ1) is 9.61. The molecule has 5 heteroatoms. The van der Waals surface area contributed by atoms with Crippen LogP contribution in [0.5, 0.6) is 5.75 Å². The first-order valence-corrected chi connectivity index (χ1v) is 8.59. The predicted molar refractivity (Wildman–Crippen MR) is 94.5 cm³/mol. The van der Waals surface area contributed by atoms with E-state index >= 15 is 0 Å². The molecule has 1 N–H and O–H groups in total. The summed E-state index contributed by atoms with van der Waals surface area (Å²) in [5.41, 5.74) is 2.16. The summed E-state index contributed by atoms with van der Waals surface area (Å²) in [5.74, 6) is 0.884. The Morgan fingerprint density at radius 2 is 1.80 bits per heavy atom. The summed E-state index contributed by atoms with van der Waals surface area (Å²) in [6, 6.07) is 12.1. The van der Waals surface area contributed by atoms with Gasteiger partial charge < -0.3 is 10.1 Å². The van der Waals surface area contributed by atoms with Crippen molar-refractivity contribution < 1.29 is 4.74 Å². The average molecular weight is 464 g/mol. The minimum Gasteiger partial charge on any atom is -0.492 e. The van der Waals surface area contributed by atoms with Gasteiger partial charge in [-0.05, 0) is 63.0 Å². The molecule has 0 spiro atoms. The van der Waals surface area contributed by atoms with Gasteiger partial charge >= 0.3 is 0 Å². The van der Waals surface area contributed by atoms with Gasteiger partial charge in [-0.15, -0.1) is 0 Å². The Bertz CT molecular complexity index is 602. The van der Waals surface area contributed by atoms with Crippen LogP contribution in [0.2, 0.25) is 0 Å². The molecule has 0 unspecified atom stereocenters. The molecule has 2 aromatic carbocycles. The molecule has 0 amide bonds. The molecule has 0 heterocycles. The highest BCUT2D eigenvalue weighted by atomic mass is 79.9. The fraction of sp³-hybridized carbons (Fsp3) is 0.200. The summed E-state index contributed by atoms with van der Waals surface area (Å²) < 4.78 is 8.75. The Labute approximate surface area is 144 Å². The van der Waals surface area contributed by atoms with Crippen molar-refractivity contribution in [2.75, 3.05) is 11.9 Å². The van der Waals surface area contributed by atoms with Crippen LogP contribution in [-0.2, 0) is 6.54 Å². The molecule has 2 rings (SSSR count). The second kappa shape index (κ2) is 7.48. The third-order valence-corrected chi connectivity index (χ3v) is 4.46. The molecule has 0 saturated heterocycles. The van der Waals surface area contributed by atoms with Crippen LogP contribution in [-0.4, -0.2) is 6.61 Å². The topological polar surface area (TPSA) is 21.3 Å². The van der Waals surface area contributed by atoms with Gasteiger partial charge in [-0.25, -0.2) is 0 Å². The second-order valence-electron chi connectivity index (χ2n) is 4.14. The van der Waals surface area contributed by atoms with Gasteiger partial charge in [-0.2, -0.15) is 0 Å². The summed E-state index contributed by atoms with van der Waals surface area (Å²) in [6.07, 6.45) is 0. The van der Waals surface area contributed by atoms with Crippen molar-refractivity contribution in [3.8, 4) is 5.75 Å². The molecule has 0 saturated carbocycles. The number of halogens is 3. The van der Waals surface area contributed by atoms with Gasteiger partial charge in [-0.1, -0.05) is 28.1 Å². The van der Waals surface area contributed by atoms with Crippen LogP contribution in [0.4, 0.5) is 5.69 Å². The fourth-order valence-corrected chi connectivity index (χ4v) is 3.70. The van der Waals surface area contributed by atoms with Gasteiger partial charge in [0.25, 0.3) is 0 Å². The van der Waals surface area contributed by atoms with E-state index in [1.807, 2.05) is 37.3 Å². The van der Waals surface area contributed by atoms with Crippen LogP contribution in [0.25, 0.3) is 0 Å². The number of ether oxygens (including phenoxy) is 1. The molecule has 0 aliphatic heterocycles. The lowest BCUT2D eigenvalue weighted by Gasteiger charge is -2.15. The highest BCUT2D eigenvalue weighted by Crippen LogP contribution is 2.34. The zero-order valence-electron chi connectivity index (χ0n) is 10.9. The average Bonchev–Trinajstić information content (AvgIpc) is 2.41. The molecular formula is C15H14Br3NO. The number of benzene rings is 2. The van der Waals surface area contributed by atoms with Crippen LogP contribution in [0, 0.1) is 0 Å². The first kappa shape index (κ1) is 15.9. The lowest BCUT2D eigenvalue weighted by atomic mass is 10.2. The Hall–Kier alpha value is -0.520. The maximum Gasteiger partial charge on any atom is 0.138 e. The zero-order chi connectivity index (χ0) is 14.5. The predicted octanol–water partition coefficient (Wildman–Crippen LogP) is 5.98. The molecule has 106 valence electrons. The van der Waals surface area contributed by atoms with E-state index < -0.39 is 0 Å². The lowest BCUT2D eigenvalue weighted by molar-refractivity contribution is 0.334. The minimum absolute atomic E-state index is 0.641. The molecule has 20 heavy (non-hydrogen) atoms. The molecule has 0 aliphatic rings. The molecule has 0 radical (unpaired) electrons. The third kappa shape index (κ3) is 3.99. The van der Waals surface area contributed by atoms with Crippen LogP contribution in [0.3, 0.4) is 0 Å². The molecule has 0 atom stereocenters. The Morgan fingerprint density at radius 1 is 1.05 bits per heavy atom. The normalized spacial score (nSPS) is 10.4. The molecule has 2 aromatic rings. The summed E-state index contributed by atoms with van der Waals surface area (Å²) in [6.45, 7) is 3.32. The van der Waals surface area contributed by atoms with Crippen LogP contribution in [0.1, 0.15) is 12.5 Å². The standard InChI is InChI=1S/C15H14Br3NO/c1-2-20-15-10(7-11(16)8-13(15)18)9-19-14-6-4-3-5-12(14)17/h3-8,19H,2,9H2,1H3. The molecular weight excluding hydrogens is 450 g/mol. The monoisotopic (exact) mass is 461 g/mol. The molecule has 0 fully saturated rings. The highest BCUT2D eigenvalue weighted by molar-refractivity contribution is 9.11. The second-order valence-corrected chi connectivity index (χ2v) is 6.77. The van der Waals surface area contributed by atoms with Crippen LogP contribution in [0.15, 0.2) is 49.8 Å². The van der Waals surface area contributed by atoms with E-state index in [4.69, 9.17) is 4.74 Å². The SMILES string of the molecule is CCOc1c(Br)cc(Br)cc1CNc1ccccc1Br. The maximum absolute atomic E-state index is 5.72. The Balaban J connectivity index is 2.22. The molecule has 0 bridgehead atoms. The molecule has 2 nitrogen and oxygen atoms in total. The number of para-hydroxylation sites is 1. The molecule has 0 aliphatic carbocycles. The number of hydrogen-bond acceptors (Lipinski definition) is 2. The van der Waals surface area contributed by atoms with E-state index in [0.717, 1.165) is 30.4 Å². The maximum atomic E-state index is 5.72. The minimum atomic E-state index is 0.641. The van der Waals surface area contributed by atoms with Crippen molar-refractivity contribution in [1.82, 2.24) is 0 Å². The number of hydrogen-bond donors (Lipinski definition) is 1. The van der Waals surface area contributed by atoms with E-state index in [1.165, 1.54) is 0 Å². The van der Waals surface area contributed by atoms with E-state index in [-0.39, 0.29) is 0 Å².